The molecule has 1 heterocycles. The van der Waals surface area contributed by atoms with Crippen LogP contribution in [0, 0.1) is 0 Å². The van der Waals surface area contributed by atoms with Gasteiger partial charge in [0.25, 0.3) is 0 Å². The molecule has 1 unspecified atom stereocenters. The third-order valence-electron chi connectivity index (χ3n) is 3.17. The number of hydrogen-bond acceptors (Lipinski definition) is 4. The summed E-state index contributed by atoms with van der Waals surface area (Å²) in [6.07, 6.45) is 0. The maximum Gasteiger partial charge on any atom is 0.127 e. The van der Waals surface area contributed by atoms with Crippen molar-refractivity contribution in [1.29, 1.82) is 0 Å². The maximum absolute atomic E-state index is 5.44. The molecule has 0 saturated heterocycles. The molecular formula is C15H18BrNO2S. The first-order valence-electron chi connectivity index (χ1n) is 6.33. The van der Waals surface area contributed by atoms with Crippen molar-refractivity contribution in [2.75, 3.05) is 14.2 Å². The SMILES string of the molecule is COc1ccc(C(C)NCc2sccc2Br)c(OC)c1. The van der Waals surface area contributed by atoms with Gasteiger partial charge < -0.3 is 14.8 Å². The Morgan fingerprint density at radius 1 is 1.25 bits per heavy atom. The lowest BCUT2D eigenvalue weighted by Crippen LogP contribution is -2.18. The maximum atomic E-state index is 5.44. The van der Waals surface area contributed by atoms with Crippen LogP contribution in [0.25, 0.3) is 0 Å². The Hall–Kier alpha value is -1.04. The number of hydrogen-bond donors (Lipinski definition) is 1. The number of nitrogens with one attached hydrogen (secondary N) is 1. The smallest absolute Gasteiger partial charge is 0.127 e. The number of methoxy groups -OCH3 is 2. The summed E-state index contributed by atoms with van der Waals surface area (Å²) in [7, 11) is 3.34. The minimum absolute atomic E-state index is 0.199. The van der Waals surface area contributed by atoms with Gasteiger partial charge in [0.1, 0.15) is 11.5 Å². The Morgan fingerprint density at radius 2 is 2.05 bits per heavy atom. The van der Waals surface area contributed by atoms with Gasteiger partial charge in [0, 0.05) is 33.6 Å². The normalized spacial score (nSPS) is 12.2. The topological polar surface area (TPSA) is 30.5 Å². The third kappa shape index (κ3) is 3.53. The zero-order chi connectivity index (χ0) is 14.5. The predicted molar refractivity (Wildman–Crippen MR) is 86.8 cm³/mol. The fraction of sp³-hybridized carbons (Fsp3) is 0.333. The first-order chi connectivity index (χ1) is 9.65. The van der Waals surface area contributed by atoms with E-state index in [1.807, 2.05) is 18.2 Å². The van der Waals surface area contributed by atoms with Gasteiger partial charge in [-0.05, 0) is 40.4 Å². The van der Waals surface area contributed by atoms with E-state index in [9.17, 15) is 0 Å². The van der Waals surface area contributed by atoms with E-state index in [4.69, 9.17) is 9.47 Å². The van der Waals surface area contributed by atoms with Crippen LogP contribution in [0.15, 0.2) is 34.1 Å². The number of rotatable bonds is 6. The second-order valence-electron chi connectivity index (χ2n) is 4.40. The third-order valence-corrected chi connectivity index (χ3v) is 5.09. The van der Waals surface area contributed by atoms with Crippen molar-refractivity contribution < 1.29 is 9.47 Å². The van der Waals surface area contributed by atoms with Gasteiger partial charge in [-0.25, -0.2) is 0 Å². The molecule has 0 bridgehead atoms. The van der Waals surface area contributed by atoms with Gasteiger partial charge in [0.05, 0.1) is 14.2 Å². The monoisotopic (exact) mass is 355 g/mol. The molecule has 108 valence electrons. The molecule has 1 atom stereocenters. The second kappa shape index (κ2) is 7.11. The summed E-state index contributed by atoms with van der Waals surface area (Å²) in [5.41, 5.74) is 1.13. The number of halogens is 1. The van der Waals surface area contributed by atoms with E-state index in [1.54, 1.807) is 25.6 Å². The predicted octanol–water partition coefficient (Wildman–Crippen LogP) is 4.38. The van der Waals surface area contributed by atoms with Crippen LogP contribution < -0.4 is 14.8 Å². The van der Waals surface area contributed by atoms with Gasteiger partial charge in [-0.3, -0.25) is 0 Å². The van der Waals surface area contributed by atoms with Gasteiger partial charge in [-0.2, -0.15) is 0 Å². The fourth-order valence-electron chi connectivity index (χ4n) is 1.98. The van der Waals surface area contributed by atoms with Gasteiger partial charge in [0.15, 0.2) is 0 Å². The van der Waals surface area contributed by atoms with E-state index in [1.165, 1.54) is 4.88 Å². The summed E-state index contributed by atoms with van der Waals surface area (Å²) in [6.45, 7) is 2.96. The van der Waals surface area contributed by atoms with Gasteiger partial charge in [-0.15, -0.1) is 11.3 Å². The molecule has 5 heteroatoms. The molecule has 0 aliphatic carbocycles. The molecule has 20 heavy (non-hydrogen) atoms. The second-order valence-corrected chi connectivity index (χ2v) is 6.26. The standard InChI is InChI=1S/C15H18BrNO2S/c1-10(17-9-15-13(16)6-7-20-15)12-5-4-11(18-2)8-14(12)19-3/h4-8,10,17H,9H2,1-3H3. The molecule has 2 rings (SSSR count). The van der Waals surface area contributed by atoms with E-state index in [2.05, 4.69) is 39.6 Å². The molecule has 0 spiro atoms. The first-order valence-corrected chi connectivity index (χ1v) is 8.00. The Bertz CT molecular complexity index is 571. The highest BCUT2D eigenvalue weighted by molar-refractivity contribution is 9.10. The van der Waals surface area contributed by atoms with Gasteiger partial charge in [-0.1, -0.05) is 6.07 Å². The van der Waals surface area contributed by atoms with Crippen LogP contribution in [0.2, 0.25) is 0 Å². The average molecular weight is 356 g/mol. The van der Waals surface area contributed by atoms with Crippen molar-refractivity contribution in [3.05, 3.63) is 44.6 Å². The van der Waals surface area contributed by atoms with E-state index >= 15 is 0 Å². The van der Waals surface area contributed by atoms with Crippen molar-refractivity contribution in [2.24, 2.45) is 0 Å². The summed E-state index contributed by atoms with van der Waals surface area (Å²) in [5, 5.41) is 5.60. The lowest BCUT2D eigenvalue weighted by atomic mass is 10.1. The van der Waals surface area contributed by atoms with E-state index < -0.39 is 0 Å². The highest BCUT2D eigenvalue weighted by Crippen LogP contribution is 2.30. The molecule has 0 fully saturated rings. The quantitative estimate of drug-likeness (QED) is 0.833. The molecule has 0 aliphatic heterocycles. The van der Waals surface area contributed by atoms with E-state index in [0.717, 1.165) is 28.1 Å². The van der Waals surface area contributed by atoms with Gasteiger partial charge in [0.2, 0.25) is 0 Å². The van der Waals surface area contributed by atoms with Crippen LogP contribution in [0.5, 0.6) is 11.5 Å². The van der Waals surface area contributed by atoms with Crippen LogP contribution in [0.1, 0.15) is 23.4 Å². The molecule has 1 aromatic heterocycles. The fourth-order valence-corrected chi connectivity index (χ4v) is 3.43. The molecule has 3 nitrogen and oxygen atoms in total. The molecule has 0 radical (unpaired) electrons. The Kier molecular flexibility index (Phi) is 5.46. The highest BCUT2D eigenvalue weighted by Gasteiger charge is 2.13. The molecule has 0 amide bonds. The average Bonchev–Trinajstić information content (AvgIpc) is 2.89. The zero-order valence-electron chi connectivity index (χ0n) is 11.8. The van der Waals surface area contributed by atoms with Crippen molar-refractivity contribution in [3.63, 3.8) is 0 Å². The van der Waals surface area contributed by atoms with Crippen LogP contribution in [-0.4, -0.2) is 14.2 Å². The van der Waals surface area contributed by atoms with Crippen molar-refractivity contribution in [1.82, 2.24) is 5.32 Å². The lowest BCUT2D eigenvalue weighted by molar-refractivity contribution is 0.386. The van der Waals surface area contributed by atoms with Crippen molar-refractivity contribution in [2.45, 2.75) is 19.5 Å². The number of ether oxygens (including phenoxy) is 2. The minimum Gasteiger partial charge on any atom is -0.497 e. The van der Waals surface area contributed by atoms with Gasteiger partial charge >= 0.3 is 0 Å². The molecule has 1 aromatic carbocycles. The number of benzene rings is 1. The molecular weight excluding hydrogens is 338 g/mol. The van der Waals surface area contributed by atoms with Crippen molar-refractivity contribution in [3.8, 4) is 11.5 Å². The summed E-state index contributed by atoms with van der Waals surface area (Å²) in [5.74, 6) is 1.65. The van der Waals surface area contributed by atoms with Crippen LogP contribution in [0.4, 0.5) is 0 Å². The van der Waals surface area contributed by atoms with E-state index in [0.29, 0.717) is 0 Å². The summed E-state index contributed by atoms with van der Waals surface area (Å²) in [4.78, 5) is 1.30. The Morgan fingerprint density at radius 3 is 2.65 bits per heavy atom. The first kappa shape index (κ1) is 15.4. The van der Waals surface area contributed by atoms with Crippen LogP contribution >= 0.6 is 27.3 Å². The summed E-state index contributed by atoms with van der Waals surface area (Å²) < 4.78 is 11.8. The largest absolute Gasteiger partial charge is 0.497 e. The van der Waals surface area contributed by atoms with Crippen molar-refractivity contribution >= 4 is 27.3 Å². The summed E-state index contributed by atoms with van der Waals surface area (Å²) in [6, 6.07) is 8.18. The Labute approximate surface area is 132 Å². The number of thiophene rings is 1. The zero-order valence-corrected chi connectivity index (χ0v) is 14.2. The molecule has 1 N–H and O–H groups in total. The van der Waals surface area contributed by atoms with E-state index in [-0.39, 0.29) is 6.04 Å². The Balaban J connectivity index is 2.08. The lowest BCUT2D eigenvalue weighted by Gasteiger charge is -2.18. The molecule has 0 aliphatic rings. The minimum atomic E-state index is 0.199. The molecule has 2 aromatic rings. The highest BCUT2D eigenvalue weighted by atomic mass is 79.9. The summed E-state index contributed by atoms with van der Waals surface area (Å²) >= 11 is 5.29. The van der Waals surface area contributed by atoms with Crippen LogP contribution in [0.3, 0.4) is 0 Å². The molecule has 0 saturated carbocycles. The van der Waals surface area contributed by atoms with Crippen LogP contribution in [-0.2, 0) is 6.54 Å².